The fourth-order valence-electron chi connectivity index (χ4n) is 2.79. The summed E-state index contributed by atoms with van der Waals surface area (Å²) in [6.45, 7) is 13.0. The van der Waals surface area contributed by atoms with E-state index in [0.29, 0.717) is 12.5 Å². The van der Waals surface area contributed by atoms with Gasteiger partial charge in [0.2, 0.25) is 11.8 Å². The molecule has 1 fully saturated rings. The molecule has 2 amide bonds. The number of hydrogen-bond donors (Lipinski definition) is 1. The highest BCUT2D eigenvalue weighted by molar-refractivity contribution is 5.97. The van der Waals surface area contributed by atoms with Gasteiger partial charge in [-0.2, -0.15) is 0 Å². The van der Waals surface area contributed by atoms with E-state index in [1.807, 2.05) is 32.6 Å². The van der Waals surface area contributed by atoms with Crippen molar-refractivity contribution >= 4 is 11.8 Å². The third-order valence-corrected chi connectivity index (χ3v) is 3.93. The van der Waals surface area contributed by atoms with Crippen LogP contribution in [-0.4, -0.2) is 35.3 Å². The number of rotatable bonds is 6. The van der Waals surface area contributed by atoms with Crippen LogP contribution in [0.25, 0.3) is 0 Å². The van der Waals surface area contributed by atoms with Crippen molar-refractivity contribution in [2.24, 2.45) is 17.8 Å². The fourth-order valence-corrected chi connectivity index (χ4v) is 2.79. The molecule has 0 saturated carbocycles. The van der Waals surface area contributed by atoms with E-state index in [4.69, 9.17) is 0 Å². The monoisotopic (exact) mass is 282 g/mol. The van der Waals surface area contributed by atoms with E-state index in [2.05, 4.69) is 19.2 Å². The zero-order chi connectivity index (χ0) is 15.4. The second-order valence-corrected chi connectivity index (χ2v) is 6.99. The second-order valence-electron chi connectivity index (χ2n) is 6.99. The molecule has 1 saturated heterocycles. The van der Waals surface area contributed by atoms with Gasteiger partial charge >= 0.3 is 0 Å². The average Bonchev–Trinajstić information content (AvgIpc) is 2.31. The highest BCUT2D eigenvalue weighted by Crippen LogP contribution is 2.21. The zero-order valence-corrected chi connectivity index (χ0v) is 13.8. The maximum absolute atomic E-state index is 12.6. The van der Waals surface area contributed by atoms with Gasteiger partial charge in [0.15, 0.2) is 0 Å². The summed E-state index contributed by atoms with van der Waals surface area (Å²) >= 11 is 0. The molecule has 1 aliphatic heterocycles. The quantitative estimate of drug-likeness (QED) is 0.813. The van der Waals surface area contributed by atoms with Crippen LogP contribution in [0.1, 0.15) is 54.4 Å². The highest BCUT2D eigenvalue weighted by atomic mass is 16.2. The number of carbonyl (C=O) groups excluding carboxylic acids is 2. The lowest BCUT2D eigenvalue weighted by Gasteiger charge is -2.42. The summed E-state index contributed by atoms with van der Waals surface area (Å²) in [6, 6.07) is -0.679. The molecule has 0 bridgehead atoms. The number of carbonyl (C=O) groups is 2. The van der Waals surface area contributed by atoms with Crippen LogP contribution in [0, 0.1) is 17.8 Å². The van der Waals surface area contributed by atoms with Crippen LogP contribution >= 0.6 is 0 Å². The lowest BCUT2D eigenvalue weighted by atomic mass is 9.92. The van der Waals surface area contributed by atoms with Gasteiger partial charge in [-0.3, -0.25) is 9.59 Å². The van der Waals surface area contributed by atoms with Gasteiger partial charge in [0.1, 0.15) is 12.1 Å². The SMILES string of the molecule is CC(C)CCCN1C(=O)C(C(C)C)NC(=O)C1C(C)C. The molecular weight excluding hydrogens is 252 g/mol. The minimum atomic E-state index is -0.364. The standard InChI is InChI=1S/C16H30N2O2/c1-10(2)8-7-9-18-14(12(5)6)15(19)17-13(11(3)4)16(18)20/h10-14H,7-9H2,1-6H3,(H,17,19). The maximum atomic E-state index is 12.6. The molecule has 20 heavy (non-hydrogen) atoms. The first kappa shape index (κ1) is 17.0. The zero-order valence-electron chi connectivity index (χ0n) is 13.8. The summed E-state index contributed by atoms with van der Waals surface area (Å²) in [7, 11) is 0. The van der Waals surface area contributed by atoms with Gasteiger partial charge in [0.25, 0.3) is 0 Å². The minimum absolute atomic E-state index is 0.00264. The summed E-state index contributed by atoms with van der Waals surface area (Å²) in [5, 5.41) is 2.90. The lowest BCUT2D eigenvalue weighted by molar-refractivity contribution is -0.152. The Labute approximate surface area is 123 Å². The van der Waals surface area contributed by atoms with E-state index in [1.54, 1.807) is 0 Å². The van der Waals surface area contributed by atoms with Crippen molar-refractivity contribution in [1.82, 2.24) is 10.2 Å². The summed E-state index contributed by atoms with van der Waals surface area (Å²) in [4.78, 5) is 26.7. The Morgan fingerprint density at radius 1 is 1.05 bits per heavy atom. The summed E-state index contributed by atoms with van der Waals surface area (Å²) in [5.74, 6) is 0.991. The third-order valence-electron chi connectivity index (χ3n) is 3.93. The molecule has 1 N–H and O–H groups in total. The van der Waals surface area contributed by atoms with Gasteiger partial charge in [-0.15, -0.1) is 0 Å². The van der Waals surface area contributed by atoms with Crippen molar-refractivity contribution < 1.29 is 9.59 Å². The van der Waals surface area contributed by atoms with Gasteiger partial charge in [0, 0.05) is 6.54 Å². The second kappa shape index (κ2) is 7.09. The van der Waals surface area contributed by atoms with Crippen LogP contribution in [0.2, 0.25) is 0 Å². The molecule has 0 aromatic heterocycles. The topological polar surface area (TPSA) is 49.4 Å². The van der Waals surface area contributed by atoms with Crippen LogP contribution in [-0.2, 0) is 9.59 Å². The van der Waals surface area contributed by atoms with E-state index in [1.165, 1.54) is 0 Å². The average molecular weight is 282 g/mol. The Bertz CT molecular complexity index is 350. The Balaban J connectivity index is 2.84. The summed E-state index contributed by atoms with van der Waals surface area (Å²) < 4.78 is 0. The van der Waals surface area contributed by atoms with Crippen LogP contribution in [0.5, 0.6) is 0 Å². The first-order valence-electron chi connectivity index (χ1n) is 7.86. The molecule has 1 rings (SSSR count). The van der Waals surface area contributed by atoms with Gasteiger partial charge in [-0.05, 0) is 30.6 Å². The maximum Gasteiger partial charge on any atom is 0.246 e. The minimum Gasteiger partial charge on any atom is -0.342 e. The van der Waals surface area contributed by atoms with Crippen LogP contribution in [0.15, 0.2) is 0 Å². The van der Waals surface area contributed by atoms with Crippen molar-refractivity contribution in [2.45, 2.75) is 66.5 Å². The van der Waals surface area contributed by atoms with Crippen molar-refractivity contribution in [3.8, 4) is 0 Å². The van der Waals surface area contributed by atoms with Crippen molar-refractivity contribution in [2.75, 3.05) is 6.54 Å². The highest BCUT2D eigenvalue weighted by Gasteiger charge is 2.42. The normalized spacial score (nSPS) is 23.9. The van der Waals surface area contributed by atoms with Gasteiger partial charge in [-0.1, -0.05) is 41.5 Å². The molecule has 0 radical (unpaired) electrons. The molecule has 2 atom stereocenters. The number of nitrogens with one attached hydrogen (secondary N) is 1. The molecule has 0 aliphatic carbocycles. The van der Waals surface area contributed by atoms with E-state index in [9.17, 15) is 9.59 Å². The first-order chi connectivity index (χ1) is 9.25. The van der Waals surface area contributed by atoms with Crippen LogP contribution < -0.4 is 5.32 Å². The molecule has 116 valence electrons. The van der Waals surface area contributed by atoms with Gasteiger partial charge < -0.3 is 10.2 Å². The Hall–Kier alpha value is -1.06. The smallest absolute Gasteiger partial charge is 0.246 e. The first-order valence-corrected chi connectivity index (χ1v) is 7.86. The van der Waals surface area contributed by atoms with Crippen LogP contribution in [0.3, 0.4) is 0 Å². The van der Waals surface area contributed by atoms with Crippen molar-refractivity contribution in [1.29, 1.82) is 0 Å². The van der Waals surface area contributed by atoms with E-state index in [-0.39, 0.29) is 35.7 Å². The summed E-state index contributed by atoms with van der Waals surface area (Å²) in [5.41, 5.74) is 0. The Morgan fingerprint density at radius 2 is 1.65 bits per heavy atom. The molecule has 1 heterocycles. The van der Waals surface area contributed by atoms with Crippen molar-refractivity contribution in [3.63, 3.8) is 0 Å². The summed E-state index contributed by atoms with van der Waals surface area (Å²) in [6.07, 6.45) is 2.05. The van der Waals surface area contributed by atoms with E-state index in [0.717, 1.165) is 12.8 Å². The van der Waals surface area contributed by atoms with E-state index >= 15 is 0 Å². The molecule has 1 aliphatic rings. The largest absolute Gasteiger partial charge is 0.342 e. The number of piperazine rings is 1. The Morgan fingerprint density at radius 3 is 2.10 bits per heavy atom. The third kappa shape index (κ3) is 3.97. The molecule has 2 unspecified atom stereocenters. The molecule has 4 heteroatoms. The molecular formula is C16H30N2O2. The molecule has 0 spiro atoms. The van der Waals surface area contributed by atoms with Crippen LogP contribution in [0.4, 0.5) is 0 Å². The number of amides is 2. The van der Waals surface area contributed by atoms with Gasteiger partial charge in [-0.25, -0.2) is 0 Å². The lowest BCUT2D eigenvalue weighted by Crippen LogP contribution is -2.66. The molecule has 0 aromatic carbocycles. The Kier molecular flexibility index (Phi) is 6.03. The van der Waals surface area contributed by atoms with Gasteiger partial charge in [0.05, 0.1) is 0 Å². The number of hydrogen-bond acceptors (Lipinski definition) is 2. The van der Waals surface area contributed by atoms with E-state index < -0.39 is 0 Å². The fraction of sp³-hybridized carbons (Fsp3) is 0.875. The molecule has 0 aromatic rings. The predicted molar refractivity (Wildman–Crippen MR) is 81.2 cm³/mol. The molecule has 4 nitrogen and oxygen atoms in total. The number of nitrogens with zero attached hydrogens (tertiary/aromatic N) is 1. The predicted octanol–water partition coefficient (Wildman–Crippen LogP) is 2.43. The van der Waals surface area contributed by atoms with Crippen molar-refractivity contribution in [3.05, 3.63) is 0 Å².